The molecule has 0 saturated carbocycles. The lowest BCUT2D eigenvalue weighted by Crippen LogP contribution is -2.26. The molecular weight excluding hydrogens is 250 g/mol. The van der Waals surface area contributed by atoms with E-state index >= 15 is 0 Å². The first-order valence-electron chi connectivity index (χ1n) is 7.56. The zero-order chi connectivity index (χ0) is 14.8. The van der Waals surface area contributed by atoms with E-state index in [1.807, 2.05) is 12.1 Å². The van der Waals surface area contributed by atoms with E-state index in [1.54, 1.807) is 0 Å². The molecule has 2 rings (SSSR count). The number of nitrogens with zero attached hydrogens (tertiary/aromatic N) is 2. The minimum atomic E-state index is 0.351. The number of nitrogens with two attached hydrogens (primary N) is 1. The minimum Gasteiger partial charge on any atom is -0.476 e. The molecular formula is C16H27N3O. The Labute approximate surface area is 122 Å². The fourth-order valence-electron chi connectivity index (χ4n) is 2.61. The van der Waals surface area contributed by atoms with Crippen molar-refractivity contribution in [3.8, 4) is 5.88 Å². The van der Waals surface area contributed by atoms with Gasteiger partial charge in [-0.25, -0.2) is 0 Å². The second-order valence-corrected chi connectivity index (χ2v) is 6.71. The first-order valence-corrected chi connectivity index (χ1v) is 7.56. The van der Waals surface area contributed by atoms with Crippen LogP contribution in [0.15, 0.2) is 12.1 Å². The molecule has 0 amide bonds. The summed E-state index contributed by atoms with van der Waals surface area (Å²) in [7, 11) is 0. The molecule has 1 aromatic heterocycles. The van der Waals surface area contributed by atoms with Crippen molar-refractivity contribution in [3.63, 3.8) is 0 Å². The molecule has 1 aromatic rings. The second-order valence-electron chi connectivity index (χ2n) is 6.71. The average Bonchev–Trinajstić information content (AvgIpc) is 2.87. The zero-order valence-electron chi connectivity index (χ0n) is 13.1. The van der Waals surface area contributed by atoms with Crippen LogP contribution in [0.5, 0.6) is 5.88 Å². The van der Waals surface area contributed by atoms with E-state index in [1.165, 1.54) is 6.42 Å². The molecule has 1 fully saturated rings. The maximum atomic E-state index is 5.92. The third-order valence-corrected chi connectivity index (χ3v) is 4.05. The fourth-order valence-corrected chi connectivity index (χ4v) is 2.61. The van der Waals surface area contributed by atoms with E-state index < -0.39 is 0 Å². The standard InChI is InChI=1S/C16H27N3O/c1-5-10-20-15-13(17)6-7-14(18-15)19-9-8-12(11-19)16(2,3)4/h6-7,12H,5,8-11,17H2,1-4H3. The molecule has 4 nitrogen and oxygen atoms in total. The van der Waals surface area contributed by atoms with Crippen LogP contribution in [0.2, 0.25) is 0 Å². The lowest BCUT2D eigenvalue weighted by molar-refractivity contribution is 0.263. The molecule has 2 N–H and O–H groups in total. The van der Waals surface area contributed by atoms with Crippen LogP contribution in [0.4, 0.5) is 11.5 Å². The van der Waals surface area contributed by atoms with Gasteiger partial charge in [0.1, 0.15) is 5.82 Å². The van der Waals surface area contributed by atoms with E-state index in [9.17, 15) is 0 Å². The summed E-state index contributed by atoms with van der Waals surface area (Å²) in [6.07, 6.45) is 2.18. The maximum absolute atomic E-state index is 5.92. The molecule has 1 saturated heterocycles. The summed E-state index contributed by atoms with van der Waals surface area (Å²) in [5, 5.41) is 0. The number of nitrogen functional groups attached to an aromatic ring is 1. The highest BCUT2D eigenvalue weighted by Crippen LogP contribution is 2.35. The van der Waals surface area contributed by atoms with Crippen LogP contribution >= 0.6 is 0 Å². The van der Waals surface area contributed by atoms with Crippen molar-refractivity contribution in [2.45, 2.75) is 40.5 Å². The molecule has 1 unspecified atom stereocenters. The summed E-state index contributed by atoms with van der Waals surface area (Å²) in [6, 6.07) is 3.90. The number of hydrogen-bond donors (Lipinski definition) is 1. The predicted molar refractivity (Wildman–Crippen MR) is 84.2 cm³/mol. The number of pyridine rings is 1. The molecule has 1 atom stereocenters. The molecule has 0 spiro atoms. The number of hydrogen-bond acceptors (Lipinski definition) is 4. The number of anilines is 2. The topological polar surface area (TPSA) is 51.4 Å². The monoisotopic (exact) mass is 277 g/mol. The van der Waals surface area contributed by atoms with E-state index in [0.717, 1.165) is 25.3 Å². The number of aromatic nitrogens is 1. The van der Waals surface area contributed by atoms with Gasteiger partial charge >= 0.3 is 0 Å². The Balaban J connectivity index is 2.10. The summed E-state index contributed by atoms with van der Waals surface area (Å²) in [5.74, 6) is 2.27. The fraction of sp³-hybridized carbons (Fsp3) is 0.688. The van der Waals surface area contributed by atoms with Crippen molar-refractivity contribution in [2.75, 3.05) is 30.3 Å². The quantitative estimate of drug-likeness (QED) is 0.917. The van der Waals surface area contributed by atoms with Gasteiger partial charge in [0.25, 0.3) is 0 Å². The van der Waals surface area contributed by atoms with Crippen molar-refractivity contribution < 1.29 is 4.74 Å². The van der Waals surface area contributed by atoms with Crippen molar-refractivity contribution in [1.82, 2.24) is 4.98 Å². The summed E-state index contributed by atoms with van der Waals surface area (Å²) >= 11 is 0. The highest BCUT2D eigenvalue weighted by molar-refractivity contribution is 5.55. The molecule has 0 radical (unpaired) electrons. The highest BCUT2D eigenvalue weighted by atomic mass is 16.5. The molecule has 20 heavy (non-hydrogen) atoms. The van der Waals surface area contributed by atoms with Gasteiger partial charge in [0.05, 0.1) is 12.3 Å². The van der Waals surface area contributed by atoms with Gasteiger partial charge in [0, 0.05) is 13.1 Å². The van der Waals surface area contributed by atoms with E-state index in [4.69, 9.17) is 10.5 Å². The Morgan fingerprint density at radius 3 is 2.75 bits per heavy atom. The first-order chi connectivity index (χ1) is 9.41. The van der Waals surface area contributed by atoms with Crippen molar-refractivity contribution in [3.05, 3.63) is 12.1 Å². The molecule has 1 aliphatic rings. The minimum absolute atomic E-state index is 0.351. The Hall–Kier alpha value is -1.45. The maximum Gasteiger partial charge on any atom is 0.239 e. The van der Waals surface area contributed by atoms with Crippen LogP contribution in [0.3, 0.4) is 0 Å². The Bertz CT molecular complexity index is 454. The summed E-state index contributed by atoms with van der Waals surface area (Å²) < 4.78 is 5.62. The molecule has 0 aromatic carbocycles. The van der Waals surface area contributed by atoms with Gasteiger partial charge in [-0.05, 0) is 36.3 Å². The Kier molecular flexibility index (Phi) is 4.41. The van der Waals surface area contributed by atoms with Crippen molar-refractivity contribution >= 4 is 11.5 Å². The number of ether oxygens (including phenoxy) is 1. The average molecular weight is 277 g/mol. The number of rotatable bonds is 4. The van der Waals surface area contributed by atoms with E-state index in [2.05, 4.69) is 37.6 Å². The van der Waals surface area contributed by atoms with Crippen LogP contribution in [0, 0.1) is 11.3 Å². The van der Waals surface area contributed by atoms with Crippen LogP contribution in [-0.4, -0.2) is 24.7 Å². The first kappa shape index (κ1) is 14.9. The summed E-state index contributed by atoms with van der Waals surface area (Å²) in [5.41, 5.74) is 6.89. The lowest BCUT2D eigenvalue weighted by Gasteiger charge is -2.27. The molecule has 112 valence electrons. The Morgan fingerprint density at radius 1 is 1.40 bits per heavy atom. The van der Waals surface area contributed by atoms with Crippen molar-refractivity contribution in [2.24, 2.45) is 11.3 Å². The lowest BCUT2D eigenvalue weighted by atomic mass is 9.80. The SMILES string of the molecule is CCCOc1nc(N2CCC(C(C)(C)C)C2)ccc1N. The molecule has 2 heterocycles. The zero-order valence-corrected chi connectivity index (χ0v) is 13.1. The van der Waals surface area contributed by atoms with Crippen LogP contribution in [0.25, 0.3) is 0 Å². The third kappa shape index (κ3) is 3.35. The van der Waals surface area contributed by atoms with E-state index in [-0.39, 0.29) is 0 Å². The van der Waals surface area contributed by atoms with E-state index in [0.29, 0.717) is 29.5 Å². The normalized spacial score (nSPS) is 19.4. The Morgan fingerprint density at radius 2 is 2.15 bits per heavy atom. The summed E-state index contributed by atoms with van der Waals surface area (Å²) in [6.45, 7) is 11.8. The van der Waals surface area contributed by atoms with Gasteiger partial charge in [0.2, 0.25) is 5.88 Å². The van der Waals surface area contributed by atoms with Gasteiger partial charge in [-0.2, -0.15) is 4.98 Å². The highest BCUT2D eigenvalue weighted by Gasteiger charge is 2.32. The van der Waals surface area contributed by atoms with Gasteiger partial charge in [0.15, 0.2) is 0 Å². The smallest absolute Gasteiger partial charge is 0.239 e. The van der Waals surface area contributed by atoms with Crippen LogP contribution in [0.1, 0.15) is 40.5 Å². The van der Waals surface area contributed by atoms with Gasteiger partial charge < -0.3 is 15.4 Å². The van der Waals surface area contributed by atoms with Crippen molar-refractivity contribution in [1.29, 1.82) is 0 Å². The largest absolute Gasteiger partial charge is 0.476 e. The van der Waals surface area contributed by atoms with Crippen LogP contribution < -0.4 is 15.4 Å². The van der Waals surface area contributed by atoms with Gasteiger partial charge in [-0.15, -0.1) is 0 Å². The van der Waals surface area contributed by atoms with Gasteiger partial charge in [-0.1, -0.05) is 27.7 Å². The molecule has 0 aliphatic carbocycles. The molecule has 1 aliphatic heterocycles. The molecule has 4 heteroatoms. The predicted octanol–water partition coefficient (Wildman–Crippen LogP) is 3.33. The molecule has 0 bridgehead atoms. The van der Waals surface area contributed by atoms with Crippen LogP contribution in [-0.2, 0) is 0 Å². The third-order valence-electron chi connectivity index (χ3n) is 4.05. The second kappa shape index (κ2) is 5.90. The van der Waals surface area contributed by atoms with Gasteiger partial charge in [-0.3, -0.25) is 0 Å². The summed E-state index contributed by atoms with van der Waals surface area (Å²) in [4.78, 5) is 6.93.